The second kappa shape index (κ2) is 6.52. The maximum Gasteiger partial charge on any atom is 0.257 e. The van der Waals surface area contributed by atoms with Crippen molar-refractivity contribution < 1.29 is 4.79 Å². The first kappa shape index (κ1) is 14.5. The first-order valence-corrected chi connectivity index (χ1v) is 6.94. The highest BCUT2D eigenvalue weighted by molar-refractivity contribution is 6.04. The molecule has 0 atom stereocenters. The van der Waals surface area contributed by atoms with Gasteiger partial charge in [0, 0.05) is 24.7 Å². The fourth-order valence-corrected chi connectivity index (χ4v) is 2.45. The number of amides is 1. The van der Waals surface area contributed by atoms with Crippen LogP contribution in [0.1, 0.15) is 23.2 Å². The van der Waals surface area contributed by atoms with Gasteiger partial charge in [0.25, 0.3) is 5.91 Å². The lowest BCUT2D eigenvalue weighted by molar-refractivity contribution is 0.0968. The second-order valence-electron chi connectivity index (χ2n) is 5.35. The monoisotopic (exact) mass is 274 g/mol. The Balaban J connectivity index is 1.86. The lowest BCUT2D eigenvalue weighted by Gasteiger charge is -2.36. The molecule has 0 spiro atoms. The zero-order chi connectivity index (χ0) is 14.5. The molecule has 0 aromatic heterocycles. The van der Waals surface area contributed by atoms with E-state index in [0.29, 0.717) is 11.6 Å². The number of piperidine rings is 1. The summed E-state index contributed by atoms with van der Waals surface area (Å²) in [5, 5.41) is 10.7. The Morgan fingerprint density at radius 2 is 1.85 bits per heavy atom. The van der Waals surface area contributed by atoms with Crippen LogP contribution in [0, 0.1) is 5.41 Å². The van der Waals surface area contributed by atoms with Gasteiger partial charge >= 0.3 is 0 Å². The van der Waals surface area contributed by atoms with E-state index in [1.807, 2.05) is 23.1 Å². The maximum atomic E-state index is 12.0. The van der Waals surface area contributed by atoms with Crippen molar-refractivity contribution in [2.75, 3.05) is 27.2 Å². The highest BCUT2D eigenvalue weighted by atomic mass is 16.1. The van der Waals surface area contributed by atoms with Crippen LogP contribution in [0.25, 0.3) is 0 Å². The number of likely N-dealkylation sites (tertiary alicyclic amines) is 1. The van der Waals surface area contributed by atoms with Crippen LogP contribution < -0.4 is 5.32 Å². The number of hydrogen-bond acceptors (Lipinski definition) is 3. The first-order valence-electron chi connectivity index (χ1n) is 6.94. The Morgan fingerprint density at radius 3 is 2.40 bits per heavy atom. The summed E-state index contributed by atoms with van der Waals surface area (Å²) in [6.45, 7) is 1.63. The van der Waals surface area contributed by atoms with Gasteiger partial charge in [0.2, 0.25) is 0 Å². The molecule has 2 rings (SSSR count). The van der Waals surface area contributed by atoms with Gasteiger partial charge in [0.05, 0.1) is 0 Å². The standard InChI is InChI=1S/C15H22N4O/c1-18(2)13-8-10-19(11-9-13)15(16)17-14(20)12-6-4-3-5-7-12/h3-7,13H,8-11H2,1-2H3,(H2,16,17,20). The van der Waals surface area contributed by atoms with Crippen molar-refractivity contribution in [2.24, 2.45) is 0 Å². The number of benzene rings is 1. The van der Waals surface area contributed by atoms with Crippen LogP contribution >= 0.6 is 0 Å². The van der Waals surface area contributed by atoms with Gasteiger partial charge in [0.1, 0.15) is 0 Å². The Bertz CT molecular complexity index is 464. The van der Waals surface area contributed by atoms with Gasteiger partial charge in [-0.2, -0.15) is 0 Å². The lowest BCUT2D eigenvalue weighted by atomic mass is 10.0. The summed E-state index contributed by atoms with van der Waals surface area (Å²) in [5.41, 5.74) is 0.584. The molecular formula is C15H22N4O. The predicted molar refractivity (Wildman–Crippen MR) is 79.9 cm³/mol. The van der Waals surface area contributed by atoms with E-state index in [0.717, 1.165) is 25.9 Å². The van der Waals surface area contributed by atoms with Gasteiger partial charge in [-0.25, -0.2) is 0 Å². The van der Waals surface area contributed by atoms with Gasteiger partial charge in [-0.05, 0) is 39.1 Å². The number of nitrogens with zero attached hydrogens (tertiary/aromatic N) is 2. The molecular weight excluding hydrogens is 252 g/mol. The summed E-state index contributed by atoms with van der Waals surface area (Å²) < 4.78 is 0. The number of rotatable bonds is 2. The molecule has 1 amide bonds. The molecule has 0 aliphatic carbocycles. The summed E-state index contributed by atoms with van der Waals surface area (Å²) in [4.78, 5) is 16.1. The molecule has 5 nitrogen and oxygen atoms in total. The Labute approximate surface area is 120 Å². The molecule has 0 bridgehead atoms. The minimum absolute atomic E-state index is 0.205. The van der Waals surface area contributed by atoms with Crippen molar-refractivity contribution in [2.45, 2.75) is 18.9 Å². The minimum Gasteiger partial charge on any atom is -0.343 e. The first-order chi connectivity index (χ1) is 9.58. The summed E-state index contributed by atoms with van der Waals surface area (Å²) in [7, 11) is 4.17. The number of nitrogens with one attached hydrogen (secondary N) is 2. The molecule has 0 radical (unpaired) electrons. The number of carbonyl (C=O) groups excluding carboxylic acids is 1. The van der Waals surface area contributed by atoms with Gasteiger partial charge in [-0.15, -0.1) is 0 Å². The van der Waals surface area contributed by atoms with E-state index in [2.05, 4.69) is 24.3 Å². The molecule has 1 aromatic carbocycles. The quantitative estimate of drug-likeness (QED) is 0.632. The average molecular weight is 274 g/mol. The Kier molecular flexibility index (Phi) is 4.74. The van der Waals surface area contributed by atoms with Crippen LogP contribution in [0.15, 0.2) is 30.3 Å². The van der Waals surface area contributed by atoms with E-state index in [9.17, 15) is 4.79 Å². The normalized spacial score (nSPS) is 16.2. The summed E-state index contributed by atoms with van der Waals surface area (Å²) in [5.74, 6) is -0.0126. The second-order valence-corrected chi connectivity index (χ2v) is 5.35. The molecule has 2 N–H and O–H groups in total. The van der Waals surface area contributed by atoms with E-state index < -0.39 is 0 Å². The number of carbonyl (C=O) groups is 1. The molecule has 20 heavy (non-hydrogen) atoms. The number of guanidine groups is 1. The fourth-order valence-electron chi connectivity index (χ4n) is 2.45. The van der Waals surface area contributed by atoms with E-state index in [1.165, 1.54) is 0 Å². The molecule has 1 aromatic rings. The van der Waals surface area contributed by atoms with Crippen LogP contribution in [-0.4, -0.2) is 54.9 Å². The Hall–Kier alpha value is -1.88. The van der Waals surface area contributed by atoms with Crippen LogP contribution in [0.2, 0.25) is 0 Å². The van der Waals surface area contributed by atoms with Crippen LogP contribution in [-0.2, 0) is 0 Å². The zero-order valence-corrected chi connectivity index (χ0v) is 12.1. The van der Waals surface area contributed by atoms with E-state index >= 15 is 0 Å². The van der Waals surface area contributed by atoms with Crippen molar-refractivity contribution in [1.29, 1.82) is 5.41 Å². The average Bonchev–Trinajstić information content (AvgIpc) is 2.48. The Morgan fingerprint density at radius 1 is 1.25 bits per heavy atom. The zero-order valence-electron chi connectivity index (χ0n) is 12.1. The molecule has 1 fully saturated rings. The smallest absolute Gasteiger partial charge is 0.257 e. The fraction of sp³-hybridized carbons (Fsp3) is 0.467. The largest absolute Gasteiger partial charge is 0.343 e. The highest BCUT2D eigenvalue weighted by Gasteiger charge is 2.23. The minimum atomic E-state index is -0.217. The van der Waals surface area contributed by atoms with Gasteiger partial charge in [-0.3, -0.25) is 15.5 Å². The van der Waals surface area contributed by atoms with Crippen molar-refractivity contribution in [3.63, 3.8) is 0 Å². The van der Waals surface area contributed by atoms with E-state index in [1.54, 1.807) is 12.1 Å². The molecule has 1 aliphatic rings. The van der Waals surface area contributed by atoms with E-state index in [-0.39, 0.29) is 11.9 Å². The van der Waals surface area contributed by atoms with Gasteiger partial charge < -0.3 is 9.80 Å². The molecule has 0 unspecified atom stereocenters. The van der Waals surface area contributed by atoms with Gasteiger partial charge in [0.15, 0.2) is 5.96 Å². The molecule has 1 saturated heterocycles. The van der Waals surface area contributed by atoms with Crippen LogP contribution in [0.5, 0.6) is 0 Å². The summed E-state index contributed by atoms with van der Waals surface area (Å²) in [6.07, 6.45) is 2.05. The molecule has 1 aliphatic heterocycles. The van der Waals surface area contributed by atoms with Crippen LogP contribution in [0.4, 0.5) is 0 Å². The topological polar surface area (TPSA) is 59.4 Å². The highest BCUT2D eigenvalue weighted by Crippen LogP contribution is 2.13. The van der Waals surface area contributed by atoms with Crippen molar-refractivity contribution in [1.82, 2.24) is 15.1 Å². The number of hydrogen-bond donors (Lipinski definition) is 2. The van der Waals surface area contributed by atoms with Crippen LogP contribution in [0.3, 0.4) is 0 Å². The third-order valence-electron chi connectivity index (χ3n) is 3.78. The van der Waals surface area contributed by atoms with Crippen molar-refractivity contribution in [3.05, 3.63) is 35.9 Å². The van der Waals surface area contributed by atoms with E-state index in [4.69, 9.17) is 5.41 Å². The molecule has 1 heterocycles. The molecule has 0 saturated carbocycles. The summed E-state index contributed by atoms with van der Waals surface area (Å²) in [6, 6.07) is 9.59. The third kappa shape index (κ3) is 3.57. The molecule has 108 valence electrons. The third-order valence-corrected chi connectivity index (χ3v) is 3.78. The SMILES string of the molecule is CN(C)C1CCN(C(=N)NC(=O)c2ccccc2)CC1. The lowest BCUT2D eigenvalue weighted by Crippen LogP contribution is -2.49. The van der Waals surface area contributed by atoms with Gasteiger partial charge in [-0.1, -0.05) is 18.2 Å². The predicted octanol–water partition coefficient (Wildman–Crippen LogP) is 1.38. The van der Waals surface area contributed by atoms with Crippen molar-refractivity contribution in [3.8, 4) is 0 Å². The van der Waals surface area contributed by atoms with Crippen molar-refractivity contribution >= 4 is 11.9 Å². The molecule has 5 heteroatoms. The summed E-state index contributed by atoms with van der Waals surface area (Å²) >= 11 is 0. The maximum absolute atomic E-state index is 12.0.